The van der Waals surface area contributed by atoms with Crippen molar-refractivity contribution < 1.29 is 17.7 Å². The van der Waals surface area contributed by atoms with E-state index < -0.39 is 15.3 Å². The minimum Gasteiger partial charge on any atom is -0.359 e. The van der Waals surface area contributed by atoms with Gasteiger partial charge in [0.15, 0.2) is 5.76 Å². The van der Waals surface area contributed by atoms with E-state index in [4.69, 9.17) is 4.52 Å². The zero-order chi connectivity index (χ0) is 22.5. The number of H-pyrrole nitrogens is 1. The molecule has 3 aromatic heterocycles. The molecule has 9 nitrogen and oxygen atoms in total. The van der Waals surface area contributed by atoms with Crippen molar-refractivity contribution in [3.8, 4) is 0 Å². The number of hydrogen-bond acceptors (Lipinski definition) is 6. The van der Waals surface area contributed by atoms with Gasteiger partial charge in [0, 0.05) is 36.8 Å². The van der Waals surface area contributed by atoms with E-state index in [9.17, 15) is 13.2 Å². The van der Waals surface area contributed by atoms with E-state index in [1.807, 2.05) is 12.3 Å². The van der Waals surface area contributed by atoms with Crippen molar-refractivity contribution in [3.05, 3.63) is 41.5 Å². The van der Waals surface area contributed by atoms with E-state index in [0.717, 1.165) is 23.9 Å². The van der Waals surface area contributed by atoms with Crippen LogP contribution in [-0.4, -0.2) is 52.1 Å². The van der Waals surface area contributed by atoms with Gasteiger partial charge in [0.05, 0.1) is 5.25 Å². The fourth-order valence-electron chi connectivity index (χ4n) is 4.86. The molecule has 170 valence electrons. The summed E-state index contributed by atoms with van der Waals surface area (Å²) in [6.45, 7) is 4.51. The summed E-state index contributed by atoms with van der Waals surface area (Å²) >= 11 is 0. The van der Waals surface area contributed by atoms with Gasteiger partial charge < -0.3 is 14.8 Å². The van der Waals surface area contributed by atoms with Gasteiger partial charge in [-0.1, -0.05) is 5.16 Å². The summed E-state index contributed by atoms with van der Waals surface area (Å²) in [5.41, 5.74) is 3.28. The molecule has 0 atom stereocenters. The smallest absolute Gasteiger partial charge is 0.227 e. The first-order chi connectivity index (χ1) is 15.3. The third kappa shape index (κ3) is 3.61. The number of anilines is 1. The van der Waals surface area contributed by atoms with Gasteiger partial charge in [0.1, 0.15) is 17.0 Å². The maximum atomic E-state index is 13.1. The van der Waals surface area contributed by atoms with Crippen LogP contribution in [0.3, 0.4) is 0 Å². The number of pyridine rings is 1. The van der Waals surface area contributed by atoms with Gasteiger partial charge in [-0.15, -0.1) is 0 Å². The monoisotopic (exact) mass is 457 g/mol. The van der Waals surface area contributed by atoms with Crippen molar-refractivity contribution in [3.63, 3.8) is 0 Å². The lowest BCUT2D eigenvalue weighted by Crippen LogP contribution is -2.50. The SMILES string of the molecule is Cc1noc(C)c1NC(=O)[C@H]1C[C@H](S(=O)(=O)N2CCC(c3c[nH]c4ncccc34)CC2)C1. The Kier molecular flexibility index (Phi) is 5.29. The normalized spacial score (nSPS) is 22.7. The number of carbonyl (C=O) groups excluding carboxylic acids is 1. The molecule has 5 rings (SSSR count). The Morgan fingerprint density at radius 3 is 2.69 bits per heavy atom. The number of rotatable bonds is 5. The van der Waals surface area contributed by atoms with Crippen LogP contribution in [0.25, 0.3) is 11.0 Å². The van der Waals surface area contributed by atoms with Gasteiger partial charge in [-0.25, -0.2) is 17.7 Å². The van der Waals surface area contributed by atoms with E-state index in [2.05, 4.69) is 26.5 Å². The van der Waals surface area contributed by atoms with Crippen LogP contribution in [0.15, 0.2) is 29.0 Å². The minimum atomic E-state index is -3.40. The standard InChI is InChI=1S/C22H27N5O4S/c1-13-20(14(2)31-26-13)25-22(28)16-10-17(11-16)32(29,30)27-8-5-15(6-9-27)19-12-24-21-18(19)4-3-7-23-21/h3-4,7,12,15-17H,5-6,8-11H2,1-2H3,(H,23,24)(H,25,28)/t16-,17-. The van der Waals surface area contributed by atoms with Crippen LogP contribution in [0, 0.1) is 19.8 Å². The number of hydrogen-bond donors (Lipinski definition) is 2. The largest absolute Gasteiger partial charge is 0.359 e. The molecule has 4 heterocycles. The highest BCUT2D eigenvalue weighted by molar-refractivity contribution is 7.89. The molecule has 10 heteroatoms. The number of amides is 1. The number of sulfonamides is 1. The van der Waals surface area contributed by atoms with Crippen LogP contribution in [0.4, 0.5) is 5.69 Å². The van der Waals surface area contributed by atoms with Gasteiger partial charge in [-0.3, -0.25) is 4.79 Å². The number of aromatic nitrogens is 3. The predicted molar refractivity (Wildman–Crippen MR) is 120 cm³/mol. The molecule has 2 N–H and O–H groups in total. The van der Waals surface area contributed by atoms with E-state index in [1.165, 1.54) is 5.56 Å². The van der Waals surface area contributed by atoms with Crippen molar-refractivity contribution in [2.24, 2.45) is 5.92 Å². The van der Waals surface area contributed by atoms with Crippen LogP contribution in [-0.2, 0) is 14.8 Å². The highest BCUT2D eigenvalue weighted by Gasteiger charge is 2.45. The summed E-state index contributed by atoms with van der Waals surface area (Å²) in [6, 6.07) is 3.98. The molecule has 1 aliphatic heterocycles. The average Bonchev–Trinajstić information content (AvgIpc) is 3.31. The quantitative estimate of drug-likeness (QED) is 0.607. The first-order valence-electron chi connectivity index (χ1n) is 11.0. The molecule has 32 heavy (non-hydrogen) atoms. The van der Waals surface area contributed by atoms with Gasteiger partial charge >= 0.3 is 0 Å². The number of aromatic amines is 1. The minimum absolute atomic E-state index is 0.169. The lowest BCUT2D eigenvalue weighted by atomic mass is 9.84. The number of nitrogens with one attached hydrogen (secondary N) is 2. The predicted octanol–water partition coefficient (Wildman–Crippen LogP) is 3.09. The molecule has 0 spiro atoms. The fraction of sp³-hybridized carbons (Fsp3) is 0.500. The van der Waals surface area contributed by atoms with Gasteiger partial charge in [0.25, 0.3) is 0 Å². The van der Waals surface area contributed by atoms with E-state index in [1.54, 1.807) is 24.3 Å². The molecule has 2 aliphatic rings. The molecule has 3 aromatic rings. The Hall–Kier alpha value is -2.72. The summed E-state index contributed by atoms with van der Waals surface area (Å²) in [5.74, 6) is 0.389. The zero-order valence-electron chi connectivity index (χ0n) is 18.2. The van der Waals surface area contributed by atoms with Gasteiger partial charge in [0.2, 0.25) is 15.9 Å². The van der Waals surface area contributed by atoms with E-state index in [-0.39, 0.29) is 11.8 Å². The Morgan fingerprint density at radius 2 is 2.00 bits per heavy atom. The number of fused-ring (bicyclic) bond motifs is 1. The van der Waals surface area contributed by atoms with Crippen molar-refractivity contribution in [1.82, 2.24) is 19.4 Å². The van der Waals surface area contributed by atoms with Crippen molar-refractivity contribution >= 4 is 32.7 Å². The molecule has 0 aromatic carbocycles. The molecule has 2 fully saturated rings. The van der Waals surface area contributed by atoms with Crippen LogP contribution in [0.5, 0.6) is 0 Å². The second-order valence-corrected chi connectivity index (χ2v) is 11.1. The Balaban J connectivity index is 1.17. The summed E-state index contributed by atoms with van der Waals surface area (Å²) in [4.78, 5) is 20.1. The Labute approximate surface area is 186 Å². The number of piperidine rings is 1. The van der Waals surface area contributed by atoms with E-state index in [0.29, 0.717) is 49.0 Å². The fourth-order valence-corrected chi connectivity index (χ4v) is 6.95. The van der Waals surface area contributed by atoms with Gasteiger partial charge in [-0.05, 0) is 63.1 Å². The van der Waals surface area contributed by atoms with Crippen LogP contribution >= 0.6 is 0 Å². The molecule has 0 unspecified atom stereocenters. The highest BCUT2D eigenvalue weighted by Crippen LogP contribution is 2.39. The lowest BCUT2D eigenvalue weighted by molar-refractivity contribution is -0.122. The third-order valence-electron chi connectivity index (χ3n) is 6.91. The first-order valence-corrected chi connectivity index (χ1v) is 12.5. The number of nitrogens with zero attached hydrogens (tertiary/aromatic N) is 3. The first kappa shape index (κ1) is 21.1. The molecule has 1 saturated carbocycles. The third-order valence-corrected chi connectivity index (χ3v) is 9.22. The average molecular weight is 458 g/mol. The maximum Gasteiger partial charge on any atom is 0.227 e. The summed E-state index contributed by atoms with van der Waals surface area (Å²) < 4.78 is 32.9. The second-order valence-electron chi connectivity index (χ2n) is 8.84. The van der Waals surface area contributed by atoms with Crippen molar-refractivity contribution in [2.45, 2.75) is 50.7 Å². The topological polar surface area (TPSA) is 121 Å². The van der Waals surface area contributed by atoms with Crippen molar-refractivity contribution in [1.29, 1.82) is 0 Å². The van der Waals surface area contributed by atoms with Crippen LogP contribution in [0.2, 0.25) is 0 Å². The summed E-state index contributed by atoms with van der Waals surface area (Å²) in [5, 5.41) is 7.29. The summed E-state index contributed by atoms with van der Waals surface area (Å²) in [6.07, 6.45) is 6.03. The highest BCUT2D eigenvalue weighted by atomic mass is 32.2. The summed E-state index contributed by atoms with van der Waals surface area (Å²) in [7, 11) is -3.40. The number of carbonyl (C=O) groups is 1. The second kappa shape index (κ2) is 8.00. The Bertz CT molecular complexity index is 1230. The molecule has 1 amide bonds. The maximum absolute atomic E-state index is 13.1. The van der Waals surface area contributed by atoms with Crippen molar-refractivity contribution in [2.75, 3.05) is 18.4 Å². The molecular weight excluding hydrogens is 430 g/mol. The van der Waals surface area contributed by atoms with Gasteiger partial charge in [-0.2, -0.15) is 0 Å². The van der Waals surface area contributed by atoms with Crippen LogP contribution < -0.4 is 5.32 Å². The molecule has 1 saturated heterocycles. The zero-order valence-corrected chi connectivity index (χ0v) is 19.0. The Morgan fingerprint density at radius 1 is 1.25 bits per heavy atom. The lowest BCUT2D eigenvalue weighted by Gasteiger charge is -2.39. The van der Waals surface area contributed by atoms with Crippen LogP contribution in [0.1, 0.15) is 48.6 Å². The molecule has 1 aliphatic carbocycles. The molecular formula is C22H27N5O4S. The van der Waals surface area contributed by atoms with E-state index >= 15 is 0 Å². The molecule has 0 bridgehead atoms. The number of aryl methyl sites for hydroxylation is 2. The molecule has 0 radical (unpaired) electrons.